The van der Waals surface area contributed by atoms with Gasteiger partial charge in [-0.3, -0.25) is 20.1 Å². The molecule has 35 heavy (non-hydrogen) atoms. The lowest BCUT2D eigenvalue weighted by atomic mass is 9.83. The average Bonchev–Trinajstić information content (AvgIpc) is 3.13. The molecule has 3 heterocycles. The molecule has 2 aromatic rings. The average molecular weight is 530 g/mol. The van der Waals surface area contributed by atoms with E-state index in [0.29, 0.717) is 23.0 Å². The Labute approximate surface area is 219 Å². The molecule has 9 heteroatoms. The smallest absolute Gasteiger partial charge is 0.165 e. The minimum Gasteiger partial charge on any atom is -0.369 e. The lowest BCUT2D eigenvalue weighted by molar-refractivity contribution is -0.139. The van der Waals surface area contributed by atoms with Crippen LogP contribution in [0.3, 0.4) is 0 Å². The van der Waals surface area contributed by atoms with Gasteiger partial charge >= 0.3 is 0 Å². The molecule has 2 aromatic carbocycles. The highest BCUT2D eigenvalue weighted by atomic mass is 35.5. The second-order valence-electron chi connectivity index (χ2n) is 8.95. The molecule has 3 aliphatic rings. The van der Waals surface area contributed by atoms with Crippen LogP contribution in [-0.2, 0) is 16.1 Å². The summed E-state index contributed by atoms with van der Waals surface area (Å²) in [5.74, 6) is 0.181. The lowest BCUT2D eigenvalue weighted by Crippen LogP contribution is -2.51. The number of fused-ring (bicyclic) bond motifs is 2. The van der Waals surface area contributed by atoms with Crippen LogP contribution in [0, 0.1) is 5.92 Å². The van der Waals surface area contributed by atoms with Crippen molar-refractivity contribution in [1.82, 2.24) is 10.5 Å². The standard InChI is InChI=1S/C26H28ClN3O3S2/c1-4-30-26(2,32)22(23(28-30)16-10-11-20-15(13-16)7-6-12-34-20)24(31)21-14-19(29-33-3)17-8-5-9-18(27)25(17)35-21/h5,8-11,13-14,21-22,29,32H,4,6-7,12H2,1-3H3. The van der Waals surface area contributed by atoms with Gasteiger partial charge in [0, 0.05) is 21.9 Å². The molecule has 3 atom stereocenters. The number of aryl methyl sites for hydroxylation is 1. The van der Waals surface area contributed by atoms with E-state index in [4.69, 9.17) is 21.5 Å². The first-order chi connectivity index (χ1) is 16.8. The number of aliphatic hydroxyl groups is 1. The first-order valence-corrected chi connectivity index (χ1v) is 13.9. The van der Waals surface area contributed by atoms with Gasteiger partial charge in [-0.2, -0.15) is 5.10 Å². The van der Waals surface area contributed by atoms with Gasteiger partial charge in [-0.25, -0.2) is 0 Å². The molecule has 184 valence electrons. The van der Waals surface area contributed by atoms with Crippen LogP contribution in [0.2, 0.25) is 5.02 Å². The Bertz CT molecular complexity index is 1230. The van der Waals surface area contributed by atoms with Gasteiger partial charge in [0.25, 0.3) is 0 Å². The second-order valence-corrected chi connectivity index (χ2v) is 11.6. The molecule has 2 N–H and O–H groups in total. The number of hydroxylamine groups is 1. The van der Waals surface area contributed by atoms with Crippen LogP contribution < -0.4 is 5.48 Å². The molecule has 0 aromatic heterocycles. The zero-order chi connectivity index (χ0) is 24.7. The van der Waals surface area contributed by atoms with Crippen LogP contribution in [0.5, 0.6) is 0 Å². The van der Waals surface area contributed by atoms with Gasteiger partial charge in [-0.1, -0.05) is 29.8 Å². The molecule has 0 bridgehead atoms. The van der Waals surface area contributed by atoms with E-state index in [2.05, 4.69) is 17.6 Å². The van der Waals surface area contributed by atoms with Gasteiger partial charge in [0.15, 0.2) is 11.5 Å². The van der Waals surface area contributed by atoms with Crippen molar-refractivity contribution in [1.29, 1.82) is 0 Å². The Morgan fingerprint density at radius 2 is 2.20 bits per heavy atom. The third-order valence-electron chi connectivity index (χ3n) is 6.67. The fraction of sp³-hybridized carbons (Fsp3) is 0.385. The number of rotatable bonds is 6. The van der Waals surface area contributed by atoms with Crippen molar-refractivity contribution >= 4 is 52.3 Å². The van der Waals surface area contributed by atoms with Crippen LogP contribution in [0.15, 0.2) is 57.4 Å². The van der Waals surface area contributed by atoms with E-state index in [1.165, 1.54) is 29.3 Å². The number of hydrogen-bond donors (Lipinski definition) is 2. The Hall–Kier alpha value is -1.97. The van der Waals surface area contributed by atoms with E-state index in [1.54, 1.807) is 11.9 Å². The number of halogens is 1. The summed E-state index contributed by atoms with van der Waals surface area (Å²) in [6.07, 6.45) is 3.99. The predicted octanol–water partition coefficient (Wildman–Crippen LogP) is 4.98. The summed E-state index contributed by atoms with van der Waals surface area (Å²) in [4.78, 5) is 21.5. The van der Waals surface area contributed by atoms with Crippen molar-refractivity contribution in [3.8, 4) is 0 Å². The Balaban J connectivity index is 1.55. The summed E-state index contributed by atoms with van der Waals surface area (Å²) in [5, 5.41) is 18.0. The van der Waals surface area contributed by atoms with Crippen molar-refractivity contribution < 1.29 is 14.7 Å². The lowest BCUT2D eigenvalue weighted by Gasteiger charge is -2.34. The molecule has 0 spiro atoms. The van der Waals surface area contributed by atoms with Gasteiger partial charge in [0.1, 0.15) is 5.92 Å². The van der Waals surface area contributed by atoms with Crippen molar-refractivity contribution in [2.45, 2.75) is 47.5 Å². The number of thioether (sulfide) groups is 2. The maximum Gasteiger partial charge on any atom is 0.165 e. The van der Waals surface area contributed by atoms with E-state index in [0.717, 1.165) is 34.6 Å². The number of Topliss-reactive ketones (excluding diaryl/α,β-unsaturated/α-hetero) is 1. The third-order valence-corrected chi connectivity index (χ3v) is 9.60. The molecular weight excluding hydrogens is 502 g/mol. The molecule has 0 radical (unpaired) electrons. The van der Waals surface area contributed by atoms with Crippen molar-refractivity contribution in [2.24, 2.45) is 11.0 Å². The van der Waals surface area contributed by atoms with E-state index >= 15 is 0 Å². The van der Waals surface area contributed by atoms with Crippen LogP contribution in [0.4, 0.5) is 0 Å². The van der Waals surface area contributed by atoms with E-state index in [-0.39, 0.29) is 5.78 Å². The molecular formula is C26H28ClN3O3S2. The summed E-state index contributed by atoms with van der Waals surface area (Å²) in [6.45, 7) is 4.09. The molecule has 5 rings (SSSR count). The number of hydrogen-bond acceptors (Lipinski definition) is 8. The largest absolute Gasteiger partial charge is 0.369 e. The molecule has 0 saturated carbocycles. The number of ketones is 1. The zero-order valence-electron chi connectivity index (χ0n) is 19.9. The normalized spacial score (nSPS) is 25.5. The van der Waals surface area contributed by atoms with Crippen LogP contribution >= 0.6 is 35.1 Å². The van der Waals surface area contributed by atoms with Gasteiger partial charge < -0.3 is 5.11 Å². The number of hydrazone groups is 1. The van der Waals surface area contributed by atoms with Gasteiger partial charge in [0.05, 0.1) is 28.8 Å². The van der Waals surface area contributed by atoms with Crippen LogP contribution in [-0.4, -0.2) is 52.0 Å². The maximum atomic E-state index is 14.2. The van der Waals surface area contributed by atoms with Gasteiger partial charge in [-0.05, 0) is 67.8 Å². The van der Waals surface area contributed by atoms with Crippen molar-refractivity contribution in [3.05, 3.63) is 64.2 Å². The van der Waals surface area contributed by atoms with Crippen molar-refractivity contribution in [3.63, 3.8) is 0 Å². The van der Waals surface area contributed by atoms with Gasteiger partial charge in [0.2, 0.25) is 0 Å². The molecule has 0 amide bonds. The zero-order valence-corrected chi connectivity index (χ0v) is 22.3. The van der Waals surface area contributed by atoms with Gasteiger partial charge in [-0.15, -0.1) is 23.5 Å². The van der Waals surface area contributed by atoms with Crippen molar-refractivity contribution in [2.75, 3.05) is 19.4 Å². The van der Waals surface area contributed by atoms with Crippen LogP contribution in [0.1, 0.15) is 37.0 Å². The number of nitrogens with zero attached hydrogens (tertiary/aromatic N) is 2. The number of carbonyl (C=O) groups excluding carboxylic acids is 1. The number of nitrogens with one attached hydrogen (secondary N) is 1. The van der Waals surface area contributed by atoms with E-state index in [9.17, 15) is 9.90 Å². The molecule has 0 saturated heterocycles. The number of benzene rings is 2. The molecule has 3 unspecified atom stereocenters. The number of carbonyl (C=O) groups is 1. The molecule has 0 aliphatic carbocycles. The first kappa shape index (κ1) is 24.7. The summed E-state index contributed by atoms with van der Waals surface area (Å²) < 4.78 is 0. The second kappa shape index (κ2) is 9.82. The summed E-state index contributed by atoms with van der Waals surface area (Å²) in [5.41, 5.74) is 5.78. The van der Waals surface area contributed by atoms with Crippen LogP contribution in [0.25, 0.3) is 5.70 Å². The first-order valence-electron chi connectivity index (χ1n) is 11.7. The highest BCUT2D eigenvalue weighted by Gasteiger charge is 2.52. The molecule has 6 nitrogen and oxygen atoms in total. The summed E-state index contributed by atoms with van der Waals surface area (Å²) in [7, 11) is 1.53. The fourth-order valence-electron chi connectivity index (χ4n) is 4.98. The topological polar surface area (TPSA) is 74.2 Å². The highest BCUT2D eigenvalue weighted by Crippen LogP contribution is 2.45. The monoisotopic (exact) mass is 529 g/mol. The Morgan fingerprint density at radius 3 is 2.97 bits per heavy atom. The summed E-state index contributed by atoms with van der Waals surface area (Å²) in [6, 6.07) is 11.9. The fourth-order valence-corrected chi connectivity index (χ4v) is 7.51. The quantitative estimate of drug-likeness (QED) is 0.511. The highest BCUT2D eigenvalue weighted by molar-refractivity contribution is 8.01. The van der Waals surface area contributed by atoms with E-state index in [1.807, 2.05) is 49.0 Å². The molecule has 3 aliphatic heterocycles. The Kier molecular flexibility index (Phi) is 6.94. The van der Waals surface area contributed by atoms with E-state index < -0.39 is 16.9 Å². The summed E-state index contributed by atoms with van der Waals surface area (Å²) >= 11 is 9.78. The Morgan fingerprint density at radius 1 is 1.37 bits per heavy atom. The minimum absolute atomic E-state index is 0.122. The predicted molar refractivity (Wildman–Crippen MR) is 143 cm³/mol. The SMILES string of the molecule is CCN1N=C(c2ccc3c(c2)CCCS3)C(C(=O)C2C=C(NOC)c3cccc(Cl)c3S2)C1(C)O. The minimum atomic E-state index is -1.45. The third kappa shape index (κ3) is 4.40. The maximum absolute atomic E-state index is 14.2. The molecule has 0 fully saturated rings.